The van der Waals surface area contributed by atoms with Crippen LogP contribution in [0, 0.1) is 6.92 Å². The Labute approximate surface area is 112 Å². The fourth-order valence-electron chi connectivity index (χ4n) is 2.76. The molecule has 6 heteroatoms. The average Bonchev–Trinajstić information content (AvgIpc) is 2.37. The normalized spacial score (nSPS) is 30.4. The van der Waals surface area contributed by atoms with Gasteiger partial charge < -0.3 is 5.32 Å². The van der Waals surface area contributed by atoms with Crippen molar-refractivity contribution < 1.29 is 0 Å². The predicted octanol–water partition coefficient (Wildman–Crippen LogP) is 0.850. The molecule has 98 valence electrons. The van der Waals surface area contributed by atoms with Crippen molar-refractivity contribution in [2.45, 2.75) is 13.0 Å². The number of hydrogen-bond donors (Lipinski definition) is 1. The van der Waals surface area contributed by atoms with Gasteiger partial charge in [0.2, 0.25) is 0 Å². The maximum Gasteiger partial charge on any atom is 0.134 e. The van der Waals surface area contributed by atoms with Crippen LogP contribution >= 0.6 is 11.6 Å². The summed E-state index contributed by atoms with van der Waals surface area (Å²) in [5, 5.41) is 3.88. The van der Waals surface area contributed by atoms with Crippen LogP contribution in [0.5, 0.6) is 0 Å². The summed E-state index contributed by atoms with van der Waals surface area (Å²) in [6, 6.07) is 2.37. The molecule has 1 N–H and O–H groups in total. The molecular formula is C12H18ClN5. The first kappa shape index (κ1) is 12.1. The van der Waals surface area contributed by atoms with E-state index in [2.05, 4.69) is 25.1 Å². The minimum absolute atomic E-state index is 0.499. The molecule has 4 heterocycles. The van der Waals surface area contributed by atoms with E-state index in [-0.39, 0.29) is 0 Å². The van der Waals surface area contributed by atoms with Gasteiger partial charge >= 0.3 is 0 Å². The molecule has 1 aromatic heterocycles. The van der Waals surface area contributed by atoms with E-state index in [1.807, 2.05) is 6.92 Å². The summed E-state index contributed by atoms with van der Waals surface area (Å²) in [7, 11) is 0. The van der Waals surface area contributed by atoms with Gasteiger partial charge in [-0.15, -0.1) is 0 Å². The highest BCUT2D eigenvalue weighted by Crippen LogP contribution is 2.17. The molecule has 5 nitrogen and oxygen atoms in total. The number of rotatable bonds is 3. The number of aromatic nitrogens is 2. The second-order valence-corrected chi connectivity index (χ2v) is 5.38. The van der Waals surface area contributed by atoms with Crippen molar-refractivity contribution in [1.82, 2.24) is 19.8 Å². The minimum Gasteiger partial charge on any atom is -0.368 e. The van der Waals surface area contributed by atoms with Crippen molar-refractivity contribution in [3.05, 3.63) is 17.0 Å². The molecule has 2 bridgehead atoms. The van der Waals surface area contributed by atoms with E-state index in [1.165, 1.54) is 26.2 Å². The van der Waals surface area contributed by atoms with Crippen molar-refractivity contribution >= 4 is 17.4 Å². The number of aryl methyl sites for hydroxylation is 1. The molecule has 3 aliphatic heterocycles. The summed E-state index contributed by atoms with van der Waals surface area (Å²) in [6.45, 7) is 8.75. The van der Waals surface area contributed by atoms with E-state index in [0.717, 1.165) is 18.9 Å². The molecule has 0 amide bonds. The van der Waals surface area contributed by atoms with Crippen LogP contribution in [-0.2, 0) is 0 Å². The topological polar surface area (TPSA) is 44.3 Å². The molecule has 3 fully saturated rings. The highest BCUT2D eigenvalue weighted by atomic mass is 35.5. The Balaban J connectivity index is 1.61. The van der Waals surface area contributed by atoms with Crippen molar-refractivity contribution in [2.24, 2.45) is 0 Å². The van der Waals surface area contributed by atoms with Gasteiger partial charge in [-0.3, -0.25) is 9.80 Å². The second-order valence-electron chi connectivity index (χ2n) is 4.99. The zero-order valence-electron chi connectivity index (χ0n) is 10.6. The van der Waals surface area contributed by atoms with Gasteiger partial charge in [-0.25, -0.2) is 9.97 Å². The summed E-state index contributed by atoms with van der Waals surface area (Å²) in [5.41, 5.74) is 0. The van der Waals surface area contributed by atoms with Gasteiger partial charge in [0.25, 0.3) is 0 Å². The SMILES string of the molecule is Cc1nc(Cl)cc(NCC2CN3CCN2CC3)n1. The standard InChI is InChI=1S/C12H18ClN5/c1-9-15-11(13)6-12(16-9)14-7-10-8-17-2-4-18(10)5-3-17/h6,10H,2-5,7-8H2,1H3,(H,14,15,16). The zero-order valence-corrected chi connectivity index (χ0v) is 11.3. The van der Waals surface area contributed by atoms with Crippen LogP contribution in [0.25, 0.3) is 0 Å². The lowest BCUT2D eigenvalue weighted by Crippen LogP contribution is -2.62. The Morgan fingerprint density at radius 1 is 1.33 bits per heavy atom. The maximum atomic E-state index is 5.92. The van der Waals surface area contributed by atoms with Gasteiger partial charge in [0.05, 0.1) is 0 Å². The van der Waals surface area contributed by atoms with Crippen LogP contribution in [0.1, 0.15) is 5.82 Å². The lowest BCUT2D eigenvalue weighted by Gasteiger charge is -2.47. The Morgan fingerprint density at radius 2 is 2.11 bits per heavy atom. The van der Waals surface area contributed by atoms with Crippen LogP contribution in [0.4, 0.5) is 5.82 Å². The Bertz CT molecular complexity index is 410. The van der Waals surface area contributed by atoms with Gasteiger partial charge in [-0.1, -0.05) is 11.6 Å². The molecule has 0 saturated carbocycles. The van der Waals surface area contributed by atoms with E-state index < -0.39 is 0 Å². The lowest BCUT2D eigenvalue weighted by atomic mass is 10.1. The summed E-state index contributed by atoms with van der Waals surface area (Å²) in [6.07, 6.45) is 0. The molecule has 0 radical (unpaired) electrons. The van der Waals surface area contributed by atoms with E-state index in [9.17, 15) is 0 Å². The largest absolute Gasteiger partial charge is 0.368 e. The third kappa shape index (κ3) is 2.58. The Morgan fingerprint density at radius 3 is 2.72 bits per heavy atom. The first-order valence-corrected chi connectivity index (χ1v) is 6.80. The van der Waals surface area contributed by atoms with Crippen LogP contribution in [0.15, 0.2) is 6.07 Å². The van der Waals surface area contributed by atoms with E-state index in [4.69, 9.17) is 11.6 Å². The second kappa shape index (κ2) is 4.99. The molecule has 18 heavy (non-hydrogen) atoms. The molecule has 1 unspecified atom stereocenters. The molecule has 3 saturated heterocycles. The molecule has 1 atom stereocenters. The van der Waals surface area contributed by atoms with Crippen molar-refractivity contribution in [2.75, 3.05) is 44.6 Å². The van der Waals surface area contributed by atoms with Crippen LogP contribution < -0.4 is 5.32 Å². The van der Waals surface area contributed by atoms with E-state index >= 15 is 0 Å². The van der Waals surface area contributed by atoms with E-state index in [0.29, 0.717) is 17.0 Å². The number of nitrogens with zero attached hydrogens (tertiary/aromatic N) is 4. The van der Waals surface area contributed by atoms with Gasteiger partial charge in [-0.2, -0.15) is 0 Å². The highest BCUT2D eigenvalue weighted by Gasteiger charge is 2.31. The maximum absolute atomic E-state index is 5.92. The fourth-order valence-corrected chi connectivity index (χ4v) is 2.99. The highest BCUT2D eigenvalue weighted by molar-refractivity contribution is 6.29. The number of anilines is 1. The number of halogens is 1. The molecule has 0 aromatic carbocycles. The quantitative estimate of drug-likeness (QED) is 0.823. The predicted molar refractivity (Wildman–Crippen MR) is 72.1 cm³/mol. The van der Waals surface area contributed by atoms with Crippen LogP contribution in [-0.4, -0.2) is 65.1 Å². The molecule has 4 rings (SSSR count). The first-order chi connectivity index (χ1) is 8.70. The summed E-state index contributed by atoms with van der Waals surface area (Å²) >= 11 is 5.92. The van der Waals surface area contributed by atoms with Crippen molar-refractivity contribution in [1.29, 1.82) is 0 Å². The first-order valence-electron chi connectivity index (χ1n) is 6.42. The molecule has 0 spiro atoms. The number of fused-ring (bicyclic) bond motifs is 3. The van der Waals surface area contributed by atoms with Crippen LogP contribution in [0.2, 0.25) is 5.15 Å². The zero-order chi connectivity index (χ0) is 12.5. The van der Waals surface area contributed by atoms with Crippen LogP contribution in [0.3, 0.4) is 0 Å². The molecule has 3 aliphatic rings. The molecular weight excluding hydrogens is 250 g/mol. The lowest BCUT2D eigenvalue weighted by molar-refractivity contribution is 0.0189. The smallest absolute Gasteiger partial charge is 0.134 e. The Kier molecular flexibility index (Phi) is 3.37. The van der Waals surface area contributed by atoms with Gasteiger partial charge in [0.15, 0.2) is 0 Å². The third-order valence-corrected chi connectivity index (χ3v) is 3.91. The third-order valence-electron chi connectivity index (χ3n) is 3.72. The number of piperazine rings is 3. The minimum atomic E-state index is 0.499. The van der Waals surface area contributed by atoms with Crippen molar-refractivity contribution in [3.8, 4) is 0 Å². The fraction of sp³-hybridized carbons (Fsp3) is 0.667. The monoisotopic (exact) mass is 267 g/mol. The molecule has 0 aliphatic carbocycles. The van der Waals surface area contributed by atoms with E-state index in [1.54, 1.807) is 6.07 Å². The van der Waals surface area contributed by atoms with Gasteiger partial charge in [0, 0.05) is 51.4 Å². The summed E-state index contributed by atoms with van der Waals surface area (Å²) in [4.78, 5) is 13.5. The number of nitrogens with one attached hydrogen (secondary N) is 1. The average molecular weight is 268 g/mol. The number of hydrogen-bond acceptors (Lipinski definition) is 5. The summed E-state index contributed by atoms with van der Waals surface area (Å²) < 4.78 is 0. The summed E-state index contributed by atoms with van der Waals surface area (Å²) in [5.74, 6) is 1.53. The van der Waals surface area contributed by atoms with Gasteiger partial charge in [0.1, 0.15) is 16.8 Å². The Hall–Kier alpha value is -0.910. The molecule has 1 aromatic rings. The van der Waals surface area contributed by atoms with Crippen molar-refractivity contribution in [3.63, 3.8) is 0 Å². The van der Waals surface area contributed by atoms with Gasteiger partial charge in [-0.05, 0) is 6.92 Å².